The molecule has 1 unspecified atom stereocenters. The molecule has 3 atom stereocenters. The minimum absolute atomic E-state index is 0. The van der Waals surface area contributed by atoms with E-state index < -0.39 is 0 Å². The van der Waals surface area contributed by atoms with Gasteiger partial charge in [-0.1, -0.05) is 12.5 Å². The van der Waals surface area contributed by atoms with Gasteiger partial charge in [-0.05, 0) is 37.8 Å². The van der Waals surface area contributed by atoms with E-state index in [2.05, 4.69) is 10.3 Å². The Morgan fingerprint density at radius 2 is 2.20 bits per heavy atom. The van der Waals surface area contributed by atoms with Crippen molar-refractivity contribution in [2.24, 2.45) is 11.7 Å². The summed E-state index contributed by atoms with van der Waals surface area (Å²) in [6.07, 6.45) is 5.55. The molecule has 0 aliphatic heterocycles. The Kier molecular flexibility index (Phi) is 8.78. The van der Waals surface area contributed by atoms with Crippen molar-refractivity contribution < 1.29 is 4.79 Å². The molecule has 0 aromatic carbocycles. The SMILES string of the molecule is CC(NC(=O)C[C@@H]1CCC[C@H]1N)c1ccccn1.Cl.Cl. The molecule has 114 valence electrons. The van der Waals surface area contributed by atoms with E-state index in [1.165, 1.54) is 0 Å². The van der Waals surface area contributed by atoms with Gasteiger partial charge in [-0.3, -0.25) is 9.78 Å². The highest BCUT2D eigenvalue weighted by atomic mass is 35.5. The minimum Gasteiger partial charge on any atom is -0.348 e. The van der Waals surface area contributed by atoms with Gasteiger partial charge in [-0.15, -0.1) is 24.8 Å². The first kappa shape index (κ1) is 19.2. The first-order valence-corrected chi connectivity index (χ1v) is 6.62. The average Bonchev–Trinajstić information content (AvgIpc) is 2.76. The molecule has 1 saturated carbocycles. The van der Waals surface area contributed by atoms with Crippen molar-refractivity contribution in [3.05, 3.63) is 30.1 Å². The number of hydrogen-bond donors (Lipinski definition) is 2. The highest BCUT2D eigenvalue weighted by molar-refractivity contribution is 5.85. The molecule has 1 aromatic heterocycles. The van der Waals surface area contributed by atoms with Gasteiger partial charge in [-0.25, -0.2) is 0 Å². The van der Waals surface area contributed by atoms with Gasteiger partial charge in [0.1, 0.15) is 0 Å². The van der Waals surface area contributed by atoms with Crippen molar-refractivity contribution in [2.45, 2.75) is 44.7 Å². The Morgan fingerprint density at radius 1 is 1.45 bits per heavy atom. The van der Waals surface area contributed by atoms with E-state index in [0.29, 0.717) is 12.3 Å². The lowest BCUT2D eigenvalue weighted by atomic mass is 9.99. The van der Waals surface area contributed by atoms with E-state index in [-0.39, 0.29) is 42.8 Å². The maximum atomic E-state index is 11.9. The number of nitrogens with two attached hydrogens (primary N) is 1. The summed E-state index contributed by atoms with van der Waals surface area (Å²) in [6.45, 7) is 1.95. The molecule has 1 aliphatic rings. The summed E-state index contributed by atoms with van der Waals surface area (Å²) >= 11 is 0. The Morgan fingerprint density at radius 3 is 2.75 bits per heavy atom. The summed E-state index contributed by atoms with van der Waals surface area (Å²) in [5.74, 6) is 0.427. The second kappa shape index (κ2) is 9.16. The van der Waals surface area contributed by atoms with Crippen molar-refractivity contribution in [2.75, 3.05) is 0 Å². The Hall–Kier alpha value is -0.840. The van der Waals surface area contributed by atoms with E-state index in [9.17, 15) is 4.79 Å². The van der Waals surface area contributed by atoms with Crippen LogP contribution in [0.1, 0.15) is 44.3 Å². The van der Waals surface area contributed by atoms with Gasteiger partial charge in [0.2, 0.25) is 5.91 Å². The average molecular weight is 320 g/mol. The third-order valence-electron chi connectivity index (χ3n) is 3.67. The quantitative estimate of drug-likeness (QED) is 0.896. The van der Waals surface area contributed by atoms with Crippen LogP contribution in [-0.2, 0) is 4.79 Å². The molecule has 0 saturated heterocycles. The highest BCUT2D eigenvalue weighted by Crippen LogP contribution is 2.26. The molecule has 0 radical (unpaired) electrons. The van der Waals surface area contributed by atoms with Gasteiger partial charge in [0.25, 0.3) is 0 Å². The number of carbonyl (C=O) groups is 1. The van der Waals surface area contributed by atoms with Crippen LogP contribution in [0.25, 0.3) is 0 Å². The van der Waals surface area contributed by atoms with Gasteiger partial charge in [0.05, 0.1) is 11.7 Å². The van der Waals surface area contributed by atoms with Crippen LogP contribution in [0.2, 0.25) is 0 Å². The molecular weight excluding hydrogens is 297 g/mol. The predicted octanol–water partition coefficient (Wildman–Crippen LogP) is 2.62. The van der Waals surface area contributed by atoms with Crippen molar-refractivity contribution in [3.8, 4) is 0 Å². The van der Waals surface area contributed by atoms with Gasteiger partial charge in [-0.2, -0.15) is 0 Å². The van der Waals surface area contributed by atoms with Crippen molar-refractivity contribution in [1.29, 1.82) is 0 Å². The molecule has 2 rings (SSSR count). The first-order chi connectivity index (χ1) is 8.66. The fourth-order valence-electron chi connectivity index (χ4n) is 2.56. The lowest BCUT2D eigenvalue weighted by molar-refractivity contribution is -0.122. The highest BCUT2D eigenvalue weighted by Gasteiger charge is 2.26. The summed E-state index contributed by atoms with van der Waals surface area (Å²) in [5.41, 5.74) is 6.87. The molecule has 6 heteroatoms. The zero-order valence-electron chi connectivity index (χ0n) is 11.6. The smallest absolute Gasteiger partial charge is 0.220 e. The molecule has 1 aliphatic carbocycles. The third kappa shape index (κ3) is 5.27. The topological polar surface area (TPSA) is 68.0 Å². The van der Waals surface area contributed by atoms with E-state index in [0.717, 1.165) is 25.0 Å². The summed E-state index contributed by atoms with van der Waals surface area (Å²) in [7, 11) is 0. The van der Waals surface area contributed by atoms with E-state index in [1.807, 2.05) is 25.1 Å². The second-order valence-corrected chi connectivity index (χ2v) is 5.10. The van der Waals surface area contributed by atoms with Crippen LogP contribution >= 0.6 is 24.8 Å². The monoisotopic (exact) mass is 319 g/mol. The number of carbonyl (C=O) groups excluding carboxylic acids is 1. The summed E-state index contributed by atoms with van der Waals surface area (Å²) in [4.78, 5) is 16.2. The number of hydrogen-bond acceptors (Lipinski definition) is 3. The van der Waals surface area contributed by atoms with Crippen LogP contribution in [-0.4, -0.2) is 16.9 Å². The number of rotatable bonds is 4. The van der Waals surface area contributed by atoms with E-state index in [1.54, 1.807) is 6.20 Å². The van der Waals surface area contributed by atoms with Crippen molar-refractivity contribution >= 4 is 30.7 Å². The number of pyridine rings is 1. The van der Waals surface area contributed by atoms with Gasteiger partial charge < -0.3 is 11.1 Å². The fraction of sp³-hybridized carbons (Fsp3) is 0.571. The van der Waals surface area contributed by atoms with Crippen molar-refractivity contribution in [1.82, 2.24) is 10.3 Å². The lowest BCUT2D eigenvalue weighted by Gasteiger charge is -2.17. The molecule has 4 nitrogen and oxygen atoms in total. The zero-order valence-corrected chi connectivity index (χ0v) is 13.3. The van der Waals surface area contributed by atoms with Crippen molar-refractivity contribution in [3.63, 3.8) is 0 Å². The largest absolute Gasteiger partial charge is 0.348 e. The number of nitrogens with one attached hydrogen (secondary N) is 1. The van der Waals surface area contributed by atoms with Crippen LogP contribution in [0.4, 0.5) is 0 Å². The predicted molar refractivity (Wildman–Crippen MR) is 85.2 cm³/mol. The fourth-order valence-corrected chi connectivity index (χ4v) is 2.56. The molecular formula is C14H23Cl2N3O. The first-order valence-electron chi connectivity index (χ1n) is 6.62. The number of aromatic nitrogens is 1. The molecule has 1 amide bonds. The zero-order chi connectivity index (χ0) is 13.0. The van der Waals surface area contributed by atoms with Crippen LogP contribution in [0.3, 0.4) is 0 Å². The lowest BCUT2D eigenvalue weighted by Crippen LogP contribution is -2.33. The standard InChI is InChI=1S/C14H21N3O.2ClH/c1-10(13-7-2-3-8-16-13)17-14(18)9-11-5-4-6-12(11)15;;/h2-3,7-8,10-12H,4-6,9,15H2,1H3,(H,17,18);2*1H/t10?,11-,12+;;/m0../s1. The Balaban J connectivity index is 0.00000180. The van der Waals surface area contributed by atoms with E-state index >= 15 is 0 Å². The molecule has 1 heterocycles. The molecule has 0 spiro atoms. The maximum absolute atomic E-state index is 11.9. The molecule has 0 bridgehead atoms. The summed E-state index contributed by atoms with van der Waals surface area (Å²) in [6, 6.07) is 5.87. The number of halogens is 2. The Labute approximate surface area is 132 Å². The van der Waals surface area contributed by atoms with Crippen LogP contribution in [0.5, 0.6) is 0 Å². The van der Waals surface area contributed by atoms with Gasteiger partial charge in [0, 0.05) is 18.7 Å². The van der Waals surface area contributed by atoms with Crippen LogP contribution in [0, 0.1) is 5.92 Å². The normalized spacial score (nSPS) is 22.3. The number of nitrogens with zero attached hydrogens (tertiary/aromatic N) is 1. The third-order valence-corrected chi connectivity index (χ3v) is 3.67. The van der Waals surface area contributed by atoms with Crippen LogP contribution in [0.15, 0.2) is 24.4 Å². The Bertz CT molecular complexity index is 403. The summed E-state index contributed by atoms with van der Waals surface area (Å²) in [5, 5.41) is 2.99. The van der Waals surface area contributed by atoms with E-state index in [4.69, 9.17) is 5.73 Å². The van der Waals surface area contributed by atoms with Gasteiger partial charge in [0.15, 0.2) is 0 Å². The molecule has 1 aromatic rings. The van der Waals surface area contributed by atoms with Crippen LogP contribution < -0.4 is 11.1 Å². The molecule has 3 N–H and O–H groups in total. The minimum atomic E-state index is -0.0451. The number of amides is 1. The second-order valence-electron chi connectivity index (χ2n) is 5.10. The van der Waals surface area contributed by atoms with Gasteiger partial charge >= 0.3 is 0 Å². The summed E-state index contributed by atoms with van der Waals surface area (Å²) < 4.78 is 0. The maximum Gasteiger partial charge on any atom is 0.220 e. The molecule has 1 fully saturated rings. The molecule has 20 heavy (non-hydrogen) atoms.